The zero-order chi connectivity index (χ0) is 19.7. The molecule has 0 bridgehead atoms. The smallest absolute Gasteiger partial charge is 0.261 e. The van der Waals surface area contributed by atoms with Crippen LogP contribution in [0.2, 0.25) is 5.02 Å². The normalized spacial score (nSPS) is 13.1. The molecule has 0 aliphatic carbocycles. The summed E-state index contributed by atoms with van der Waals surface area (Å²) in [6.45, 7) is 0.316. The topological polar surface area (TPSA) is 66.5 Å². The largest absolute Gasteiger partial charge is 0.354 e. The number of carbonyl (C=O) groups is 3. The van der Waals surface area contributed by atoms with Crippen LogP contribution in [0.25, 0.3) is 10.8 Å². The molecule has 1 N–H and O–H groups in total. The van der Waals surface area contributed by atoms with Crippen LogP contribution < -0.4 is 5.32 Å². The summed E-state index contributed by atoms with van der Waals surface area (Å²) in [5.41, 5.74) is 1.87. The van der Waals surface area contributed by atoms with Gasteiger partial charge in [0.25, 0.3) is 11.8 Å². The summed E-state index contributed by atoms with van der Waals surface area (Å²) in [7, 11) is 0. The van der Waals surface area contributed by atoms with Crippen molar-refractivity contribution < 1.29 is 14.4 Å². The van der Waals surface area contributed by atoms with Gasteiger partial charge in [-0.25, -0.2) is 0 Å². The molecule has 0 atom stereocenters. The van der Waals surface area contributed by atoms with Crippen LogP contribution in [0.15, 0.2) is 60.7 Å². The third-order valence-corrected chi connectivity index (χ3v) is 5.04. The first-order chi connectivity index (χ1) is 13.5. The molecule has 0 spiro atoms. The van der Waals surface area contributed by atoms with Crippen molar-refractivity contribution in [2.75, 3.05) is 13.1 Å². The van der Waals surface area contributed by atoms with Crippen LogP contribution in [0.4, 0.5) is 0 Å². The molecule has 5 nitrogen and oxygen atoms in total. The molecule has 0 saturated heterocycles. The van der Waals surface area contributed by atoms with E-state index in [1.807, 2.05) is 12.1 Å². The van der Waals surface area contributed by atoms with Gasteiger partial charge in [-0.2, -0.15) is 0 Å². The second-order valence-corrected chi connectivity index (χ2v) is 7.06. The van der Waals surface area contributed by atoms with Crippen LogP contribution in [0.3, 0.4) is 0 Å². The fourth-order valence-corrected chi connectivity index (χ4v) is 3.57. The summed E-state index contributed by atoms with van der Waals surface area (Å²) in [5.74, 6) is -0.843. The molecule has 3 aromatic rings. The van der Waals surface area contributed by atoms with E-state index in [0.29, 0.717) is 21.5 Å². The molecule has 1 aliphatic heterocycles. The van der Waals surface area contributed by atoms with Gasteiger partial charge in [0, 0.05) is 34.6 Å². The molecule has 1 aliphatic rings. The second kappa shape index (κ2) is 7.44. The first kappa shape index (κ1) is 18.2. The zero-order valence-electron chi connectivity index (χ0n) is 14.9. The Bertz CT molecular complexity index is 1040. The zero-order valence-corrected chi connectivity index (χ0v) is 15.7. The highest BCUT2D eigenvalue weighted by atomic mass is 35.5. The van der Waals surface area contributed by atoms with Crippen molar-refractivity contribution in [3.8, 4) is 0 Å². The minimum atomic E-state index is -0.332. The summed E-state index contributed by atoms with van der Waals surface area (Å²) < 4.78 is 0. The van der Waals surface area contributed by atoms with Gasteiger partial charge in [0.15, 0.2) is 0 Å². The number of hydrogen-bond acceptors (Lipinski definition) is 3. The van der Waals surface area contributed by atoms with Crippen molar-refractivity contribution in [3.63, 3.8) is 0 Å². The first-order valence-corrected chi connectivity index (χ1v) is 9.31. The van der Waals surface area contributed by atoms with Gasteiger partial charge < -0.3 is 5.32 Å². The van der Waals surface area contributed by atoms with Gasteiger partial charge >= 0.3 is 0 Å². The second-order valence-electron chi connectivity index (χ2n) is 6.62. The molecule has 3 aromatic carbocycles. The molecule has 4 rings (SSSR count). The average molecular weight is 393 g/mol. The Morgan fingerprint density at radius 1 is 0.893 bits per heavy atom. The lowest BCUT2D eigenvalue weighted by atomic mass is 9.94. The highest BCUT2D eigenvalue weighted by Crippen LogP contribution is 2.29. The Balaban J connectivity index is 1.43. The number of rotatable bonds is 5. The Morgan fingerprint density at radius 3 is 2.11 bits per heavy atom. The molecule has 140 valence electrons. The van der Waals surface area contributed by atoms with Crippen molar-refractivity contribution in [3.05, 3.63) is 82.4 Å². The number of halogens is 1. The number of hydrogen-bond donors (Lipinski definition) is 1. The predicted molar refractivity (Wildman–Crippen MR) is 107 cm³/mol. The number of amides is 3. The van der Waals surface area contributed by atoms with Crippen molar-refractivity contribution in [1.29, 1.82) is 0 Å². The Kier molecular flexibility index (Phi) is 4.84. The van der Waals surface area contributed by atoms with Crippen LogP contribution in [-0.2, 0) is 11.2 Å². The molecule has 1 heterocycles. The minimum absolute atomic E-state index is 0.120. The van der Waals surface area contributed by atoms with E-state index >= 15 is 0 Å². The van der Waals surface area contributed by atoms with Gasteiger partial charge in [0.1, 0.15) is 0 Å². The van der Waals surface area contributed by atoms with Gasteiger partial charge in [0.05, 0.1) is 6.42 Å². The molecule has 6 heteroatoms. The summed E-state index contributed by atoms with van der Waals surface area (Å²) in [6.07, 6.45) is 0.210. The summed E-state index contributed by atoms with van der Waals surface area (Å²) in [5, 5.41) is 4.94. The third kappa shape index (κ3) is 3.37. The van der Waals surface area contributed by atoms with E-state index in [0.717, 1.165) is 10.9 Å². The van der Waals surface area contributed by atoms with Crippen LogP contribution in [0.1, 0.15) is 26.3 Å². The Morgan fingerprint density at radius 2 is 1.50 bits per heavy atom. The van der Waals surface area contributed by atoms with Crippen LogP contribution in [0.5, 0.6) is 0 Å². The number of benzene rings is 3. The maximum absolute atomic E-state index is 12.8. The number of nitrogens with zero attached hydrogens (tertiary/aromatic N) is 1. The molecular weight excluding hydrogens is 376 g/mol. The van der Waals surface area contributed by atoms with E-state index in [4.69, 9.17) is 11.6 Å². The molecule has 0 fully saturated rings. The monoisotopic (exact) mass is 392 g/mol. The van der Waals surface area contributed by atoms with Crippen molar-refractivity contribution in [2.45, 2.75) is 6.42 Å². The number of carbonyl (C=O) groups excluding carboxylic acids is 3. The lowest BCUT2D eigenvalue weighted by Crippen LogP contribution is -2.44. The van der Waals surface area contributed by atoms with Crippen molar-refractivity contribution in [2.24, 2.45) is 0 Å². The van der Waals surface area contributed by atoms with Gasteiger partial charge in [-0.3, -0.25) is 19.3 Å². The molecule has 0 unspecified atom stereocenters. The molecule has 28 heavy (non-hydrogen) atoms. The highest BCUT2D eigenvalue weighted by Gasteiger charge is 2.32. The lowest BCUT2D eigenvalue weighted by molar-refractivity contribution is -0.120. The van der Waals surface area contributed by atoms with E-state index in [2.05, 4.69) is 5.32 Å². The third-order valence-electron chi connectivity index (χ3n) is 4.79. The molecule has 0 saturated carbocycles. The van der Waals surface area contributed by atoms with Gasteiger partial charge in [-0.15, -0.1) is 0 Å². The standard InChI is InChI=1S/C22H17ClN2O3/c23-16-9-7-14(8-10-16)13-19(26)24-11-12-25-21(27)17-5-1-3-15-4-2-6-18(20(15)17)22(25)28/h1-10H,11-13H2,(H,24,26). The maximum atomic E-state index is 12.8. The molecule has 0 aromatic heterocycles. The maximum Gasteiger partial charge on any atom is 0.261 e. The van der Waals surface area contributed by atoms with E-state index < -0.39 is 0 Å². The number of nitrogens with one attached hydrogen (secondary N) is 1. The van der Waals surface area contributed by atoms with Crippen LogP contribution in [0, 0.1) is 0 Å². The lowest BCUT2D eigenvalue weighted by Gasteiger charge is -2.27. The molecule has 0 radical (unpaired) electrons. The van der Waals surface area contributed by atoms with E-state index in [1.165, 1.54) is 4.90 Å². The van der Waals surface area contributed by atoms with E-state index in [9.17, 15) is 14.4 Å². The predicted octanol–water partition coefficient (Wildman–Crippen LogP) is 3.45. The summed E-state index contributed by atoms with van der Waals surface area (Å²) in [6, 6.07) is 17.9. The first-order valence-electron chi connectivity index (χ1n) is 8.93. The Hall–Kier alpha value is -3.18. The number of imide groups is 1. The van der Waals surface area contributed by atoms with Gasteiger partial charge in [-0.1, -0.05) is 48.0 Å². The SMILES string of the molecule is O=C(Cc1ccc(Cl)cc1)NCCN1C(=O)c2cccc3cccc(c23)C1=O. The van der Waals surface area contributed by atoms with E-state index in [1.54, 1.807) is 48.5 Å². The Labute approximate surface area is 166 Å². The summed E-state index contributed by atoms with van der Waals surface area (Å²) in [4.78, 5) is 38.9. The van der Waals surface area contributed by atoms with Crippen LogP contribution >= 0.6 is 11.6 Å². The highest BCUT2D eigenvalue weighted by molar-refractivity contribution is 6.30. The molecular formula is C22H17ClN2O3. The van der Waals surface area contributed by atoms with Crippen molar-refractivity contribution >= 4 is 40.1 Å². The average Bonchev–Trinajstić information content (AvgIpc) is 2.70. The molecule has 3 amide bonds. The van der Waals surface area contributed by atoms with Crippen molar-refractivity contribution in [1.82, 2.24) is 10.2 Å². The summed E-state index contributed by atoms with van der Waals surface area (Å²) >= 11 is 5.84. The minimum Gasteiger partial charge on any atom is -0.354 e. The van der Waals surface area contributed by atoms with Crippen LogP contribution in [-0.4, -0.2) is 35.7 Å². The van der Waals surface area contributed by atoms with Gasteiger partial charge in [0.2, 0.25) is 5.91 Å². The van der Waals surface area contributed by atoms with Gasteiger partial charge in [-0.05, 0) is 35.2 Å². The fourth-order valence-electron chi connectivity index (χ4n) is 3.44. The van der Waals surface area contributed by atoms with E-state index in [-0.39, 0.29) is 37.2 Å². The fraction of sp³-hybridized carbons (Fsp3) is 0.136. The quantitative estimate of drug-likeness (QED) is 0.676.